The number of pyridine rings is 6. The third-order valence-corrected chi connectivity index (χ3v) is 9.48. The van der Waals surface area contributed by atoms with Gasteiger partial charge in [0.1, 0.15) is 22.5 Å². The number of amides is 2. The van der Waals surface area contributed by atoms with E-state index in [0.29, 0.717) is 41.5 Å². The summed E-state index contributed by atoms with van der Waals surface area (Å²) in [7, 11) is 23.6. The molecule has 6 aromatic heterocycles. The molecule has 0 atom stereocenters. The van der Waals surface area contributed by atoms with E-state index in [1.165, 1.54) is 84.0 Å². The van der Waals surface area contributed by atoms with Gasteiger partial charge in [0, 0.05) is 289 Å². The number of nitro groups is 3. The molecule has 44 heteroatoms. The van der Waals surface area contributed by atoms with E-state index in [1.807, 2.05) is 47.2 Å². The molecule has 6 radical (unpaired) electrons. The number of rotatable bonds is 6. The number of nitrogens with one attached hydrogen (secondary N) is 4. The van der Waals surface area contributed by atoms with Gasteiger partial charge in [-0.3, -0.25) is 30.3 Å². The molecule has 2 amide bonds. The SMILES string of the molecule is C.C.C.C.C.C.CN.CN.CN.CN.CN.CN.CN(C)c1nccc([NH-])c1N.CN(C)c1nccc([NH-])c1[N+](=O)[O-].CN(C)c1nccc2c1CC(=O)[N-]2.CNC.Nc1nccc2c1CC(=O)[N-]2.O=[N+]([O-])c1c(Cl)ccnc1Cl.[CH3-].[CH3-].[CH3-].[CH3-].[CH3-].[CH3-].[NH-]c1ccnc(Cl)c1[N+](=O)[O-].[NH2-].[Y].[Y].[Y].[Y].[Y].[Y]. The molecular formula is C60H122Cl3N27O8Y6-12. The third kappa shape index (κ3) is 65.5. The van der Waals surface area contributed by atoms with Crippen LogP contribution >= 0.6 is 34.8 Å². The van der Waals surface area contributed by atoms with Crippen LogP contribution in [-0.4, -0.2) is 155 Å². The van der Waals surface area contributed by atoms with Crippen molar-refractivity contribution in [1.29, 1.82) is 0 Å². The zero-order valence-corrected chi connectivity index (χ0v) is 79.0. The summed E-state index contributed by atoms with van der Waals surface area (Å²) in [5.41, 5.74) is 62.4. The number of nitrogens with two attached hydrogens (primary N) is 9. The number of anilines is 5. The van der Waals surface area contributed by atoms with Crippen LogP contribution in [0, 0.1) is 74.9 Å². The van der Waals surface area contributed by atoms with Gasteiger partial charge in [0.25, 0.3) is 11.4 Å². The van der Waals surface area contributed by atoms with E-state index >= 15 is 0 Å². The van der Waals surface area contributed by atoms with E-state index in [9.17, 15) is 39.9 Å². The van der Waals surface area contributed by atoms with Crippen molar-refractivity contribution in [3.8, 4) is 0 Å². The Kier molecular flexibility index (Phi) is 169. The summed E-state index contributed by atoms with van der Waals surface area (Å²) in [5.74, 6) is 1.89. The number of nitrogen functional groups attached to an aromatic ring is 2. The maximum absolute atomic E-state index is 11.1. The molecule has 0 spiro atoms. The van der Waals surface area contributed by atoms with Crippen molar-refractivity contribution < 1.29 is 221 Å². The topological polar surface area (TPSA) is 604 Å². The van der Waals surface area contributed by atoms with Gasteiger partial charge in [0.05, 0.1) is 32.3 Å². The van der Waals surface area contributed by atoms with Crippen LogP contribution in [0.2, 0.25) is 15.3 Å². The summed E-state index contributed by atoms with van der Waals surface area (Å²) in [6, 6.07) is 8.85. The zero-order valence-electron chi connectivity index (χ0n) is 59.7. The average molecular weight is 1990 g/mol. The molecule has 0 aromatic carbocycles. The number of aromatic nitrogens is 6. The summed E-state index contributed by atoms with van der Waals surface area (Å²) in [6.45, 7) is 0. The van der Waals surface area contributed by atoms with E-state index < -0.39 is 20.5 Å². The predicted octanol–water partition coefficient (Wildman–Crippen LogP) is 14.3. The number of halogens is 3. The monoisotopic (exact) mass is 1990 g/mol. The maximum atomic E-state index is 11.1. The smallest absolute Gasteiger partial charge is 0.324 e. The van der Waals surface area contributed by atoms with Crippen LogP contribution in [0.25, 0.3) is 34.0 Å². The minimum atomic E-state index is -0.725. The Hall–Kier alpha value is -2.39. The maximum Gasteiger partial charge on any atom is 0.324 e. The molecule has 0 unspecified atom stereocenters. The van der Waals surface area contributed by atoms with Crippen LogP contribution in [-0.2, 0) is 219 Å². The first-order valence-corrected chi connectivity index (χ1v) is 25.0. The standard InChI is InChI=1S/C9H11N3O.C7H9N4O2.C7H11N4.C7H7N3O.C5H2Cl2N2O2.C5H3ClN3O2.C2H7N.6CH5N.6CH4.6CH3.H2N.6Y/c1-12(2)9-6-5-8(13)11-7(6)3-4-10-9;1-10(2)7-6(11(12)13)5(8)3-4-9-7;1-11(2)7-6(9)5(8)3-4-10-7;8-7-4-3-6(11)10-5(4)1-2-9-7;6-3-1-2-8-5(7)4(3)9(10)11;6-5-4(9(10)11)3(7)1-2-8-5;1-3-2;6*1-2;;;;;;;;;;;;;;;;;;;/h3-4H,5H2,1-2H3,(H,10,11,13);3-4H,1-2H3,(H-,8,9);3-4H,9H2,1-2H3,(H-,8,10);1-2H,3H2,(H3,8,9,10,11);1-2H;1-2H,(H-,7,8);3H,1-2H3;6*2H2,1H3;6*1H4;6*1H3;1H2;;;;;;/q;2*-1;;;-1;;;;;;;;;;;;;;7*-1;;;;;;/p-2. The number of hydrogen-bond acceptors (Lipinski definition) is 26. The van der Waals surface area contributed by atoms with Crippen LogP contribution in [0.3, 0.4) is 0 Å². The number of carbonyl (C=O) groups excluding carboxylic acids is 2. The zero-order chi connectivity index (χ0) is 67.3. The second kappa shape index (κ2) is 103. The fourth-order valence-electron chi connectivity index (χ4n) is 5.51. The largest absolute Gasteiger partial charge is 0.697 e. The first kappa shape index (κ1) is 171. The van der Waals surface area contributed by atoms with Crippen LogP contribution in [0.15, 0.2) is 73.6 Å². The van der Waals surface area contributed by atoms with Gasteiger partial charge in [0.15, 0.2) is 0 Å². The van der Waals surface area contributed by atoms with E-state index in [1.54, 1.807) is 55.8 Å². The number of nitrogens with zero attached hydrogens (tertiary/aromatic N) is 14. The van der Waals surface area contributed by atoms with Crippen molar-refractivity contribution >= 4 is 121 Å². The van der Waals surface area contributed by atoms with Crippen molar-refractivity contribution in [3.05, 3.63) is 209 Å². The van der Waals surface area contributed by atoms with Crippen LogP contribution < -0.4 is 65.9 Å². The molecule has 22 N–H and O–H groups in total. The van der Waals surface area contributed by atoms with Crippen molar-refractivity contribution in [3.63, 3.8) is 0 Å². The Bertz CT molecular complexity index is 2860. The average Bonchev–Trinajstić information content (AvgIpc) is 1.61. The van der Waals surface area contributed by atoms with Gasteiger partial charge in [-0.05, 0) is 73.6 Å². The summed E-state index contributed by atoms with van der Waals surface area (Å²) in [5, 5.41) is 41.0. The Morgan fingerprint density at radius 2 is 0.692 bits per heavy atom. The van der Waals surface area contributed by atoms with Crippen molar-refractivity contribution in [2.45, 2.75) is 57.4 Å². The van der Waals surface area contributed by atoms with Gasteiger partial charge in [-0.25, -0.2) is 29.9 Å². The van der Waals surface area contributed by atoms with Gasteiger partial charge in [-0.1, -0.05) is 121 Å². The fourth-order valence-corrected chi connectivity index (χ4v) is 6.22. The first-order valence-electron chi connectivity index (χ1n) is 23.8. The van der Waals surface area contributed by atoms with E-state index in [2.05, 4.69) is 80.3 Å². The number of carbonyl (C=O) groups is 2. The molecule has 0 saturated heterocycles. The number of fused-ring (bicyclic) bond motifs is 2. The Labute approximate surface area is 791 Å². The molecule has 104 heavy (non-hydrogen) atoms. The summed E-state index contributed by atoms with van der Waals surface area (Å²) >= 11 is 16.2. The van der Waals surface area contributed by atoms with E-state index in [-0.39, 0.29) is 347 Å². The minimum absolute atomic E-state index is 0. The quantitative estimate of drug-likeness (QED) is 0.0324. The normalized spacial score (nSPS) is 8.03. The molecule has 596 valence electrons. The molecule has 35 nitrogen and oxygen atoms in total. The van der Waals surface area contributed by atoms with Crippen LogP contribution in [0.5, 0.6) is 0 Å². The van der Waals surface area contributed by atoms with Crippen LogP contribution in [0.1, 0.15) is 55.7 Å². The molecule has 2 aliphatic heterocycles. The molecular weight excluding hydrogens is 1870 g/mol. The summed E-state index contributed by atoms with van der Waals surface area (Å²) < 4.78 is 0. The second-order valence-corrected chi connectivity index (χ2v) is 15.8. The van der Waals surface area contributed by atoms with Crippen LogP contribution in [0.4, 0.5) is 74.5 Å². The summed E-state index contributed by atoms with van der Waals surface area (Å²) in [6.07, 6.45) is 9.42. The van der Waals surface area contributed by atoms with Gasteiger partial charge < -0.3 is 154 Å². The van der Waals surface area contributed by atoms with Gasteiger partial charge >= 0.3 is 5.69 Å². The molecule has 8 heterocycles. The second-order valence-electron chi connectivity index (χ2n) is 14.7. The third-order valence-electron chi connectivity index (χ3n) is 8.62. The number of hydrogen-bond donors (Lipinski definition) is 9. The molecule has 6 aromatic rings. The molecule has 2 aliphatic rings. The fraction of sp³-hybridized carbons (Fsp3) is 0.367. The van der Waals surface area contributed by atoms with Crippen molar-refractivity contribution in [1.82, 2.24) is 35.2 Å². The Morgan fingerprint density at radius 1 is 0.433 bits per heavy atom. The molecule has 0 aliphatic carbocycles. The predicted molar refractivity (Wildman–Crippen MR) is 427 cm³/mol. The molecule has 0 saturated carbocycles. The van der Waals surface area contributed by atoms with Gasteiger partial charge in [0.2, 0.25) is 16.1 Å². The molecule has 0 fully saturated rings. The van der Waals surface area contributed by atoms with Crippen molar-refractivity contribution in [2.24, 2.45) is 34.4 Å². The Balaban J connectivity index is -0.0000000312. The Morgan fingerprint density at radius 3 is 0.971 bits per heavy atom. The molecule has 8 rings (SSSR count). The van der Waals surface area contributed by atoms with E-state index in [0.717, 1.165) is 22.6 Å². The first-order chi connectivity index (χ1) is 40.3. The molecule has 0 bridgehead atoms. The van der Waals surface area contributed by atoms with Crippen molar-refractivity contribution in [2.75, 3.05) is 125 Å². The minimum Gasteiger partial charge on any atom is -0.697 e. The van der Waals surface area contributed by atoms with Gasteiger partial charge in [-0.15, -0.1) is 17.1 Å². The van der Waals surface area contributed by atoms with E-state index in [4.69, 9.17) is 63.5 Å². The summed E-state index contributed by atoms with van der Waals surface area (Å²) in [4.78, 5) is 78.9. The van der Waals surface area contributed by atoms with Gasteiger partial charge in [-0.2, -0.15) is 0 Å².